The monoisotopic (exact) mass is 275 g/mol. The van der Waals surface area contributed by atoms with Crippen molar-refractivity contribution in [2.24, 2.45) is 0 Å². The minimum Gasteiger partial charge on any atom is -0.354 e. The average molecular weight is 275 g/mol. The van der Waals surface area contributed by atoms with Crippen LogP contribution >= 0.6 is 11.3 Å². The molecule has 0 bridgehead atoms. The van der Waals surface area contributed by atoms with Crippen LogP contribution in [0, 0.1) is 0 Å². The van der Waals surface area contributed by atoms with E-state index in [1.165, 1.54) is 10.4 Å². The summed E-state index contributed by atoms with van der Waals surface area (Å²) in [6, 6.07) is 10.4. The predicted octanol–water partition coefficient (Wildman–Crippen LogP) is 3.03. The van der Waals surface area contributed by atoms with Gasteiger partial charge in [-0.25, -0.2) is 4.98 Å². The van der Waals surface area contributed by atoms with Crippen molar-refractivity contribution in [3.8, 4) is 11.3 Å². The van der Waals surface area contributed by atoms with Crippen molar-refractivity contribution < 1.29 is 0 Å². The fraction of sp³-hybridized carbons (Fsp3) is 0.400. The molecule has 1 N–H and O–H groups in total. The lowest BCUT2D eigenvalue weighted by molar-refractivity contribution is 0.721. The van der Waals surface area contributed by atoms with Crippen molar-refractivity contribution in [1.82, 2.24) is 10.3 Å². The molecule has 0 radical (unpaired) electrons. The lowest BCUT2D eigenvalue weighted by Gasteiger charge is -2.05. The van der Waals surface area contributed by atoms with Crippen LogP contribution in [0.25, 0.3) is 11.3 Å². The van der Waals surface area contributed by atoms with E-state index in [2.05, 4.69) is 41.4 Å². The number of rotatable bonds is 6. The number of likely N-dealkylation sites (N-methyl/N-ethyl adjacent to an activating group) is 1. The maximum Gasteiger partial charge on any atom is 0.185 e. The summed E-state index contributed by atoms with van der Waals surface area (Å²) in [6.45, 7) is 4.15. The quantitative estimate of drug-likeness (QED) is 0.821. The summed E-state index contributed by atoms with van der Waals surface area (Å²) in [4.78, 5) is 8.21. The number of nitrogens with zero attached hydrogens (tertiary/aromatic N) is 2. The zero-order chi connectivity index (χ0) is 13.7. The summed E-state index contributed by atoms with van der Waals surface area (Å²) < 4.78 is 0. The molecule has 0 fully saturated rings. The van der Waals surface area contributed by atoms with E-state index in [4.69, 9.17) is 4.98 Å². The number of benzene rings is 1. The third kappa shape index (κ3) is 3.55. The molecule has 0 unspecified atom stereocenters. The summed E-state index contributed by atoms with van der Waals surface area (Å²) in [5.41, 5.74) is 2.34. The van der Waals surface area contributed by atoms with Crippen LogP contribution in [-0.2, 0) is 6.42 Å². The van der Waals surface area contributed by atoms with Crippen molar-refractivity contribution in [3.63, 3.8) is 0 Å². The number of hydrogen-bond acceptors (Lipinski definition) is 4. The van der Waals surface area contributed by atoms with Crippen LogP contribution in [0.15, 0.2) is 30.3 Å². The second kappa shape index (κ2) is 6.68. The number of nitrogens with one attached hydrogen (secondary N) is 1. The van der Waals surface area contributed by atoms with Crippen molar-refractivity contribution in [1.29, 1.82) is 0 Å². The van der Waals surface area contributed by atoms with Gasteiger partial charge in [-0.15, -0.1) is 11.3 Å². The first-order valence-electron chi connectivity index (χ1n) is 6.65. The maximum absolute atomic E-state index is 4.78. The number of anilines is 1. The highest BCUT2D eigenvalue weighted by Crippen LogP contribution is 2.32. The molecule has 0 saturated carbocycles. The third-order valence-electron chi connectivity index (χ3n) is 2.89. The third-order valence-corrected chi connectivity index (χ3v) is 4.18. The Morgan fingerprint density at radius 1 is 1.21 bits per heavy atom. The van der Waals surface area contributed by atoms with Gasteiger partial charge in [0.05, 0.1) is 5.69 Å². The fourth-order valence-corrected chi connectivity index (χ4v) is 2.90. The topological polar surface area (TPSA) is 28.2 Å². The smallest absolute Gasteiger partial charge is 0.185 e. The lowest BCUT2D eigenvalue weighted by Crippen LogP contribution is -2.15. The van der Waals surface area contributed by atoms with E-state index in [0.717, 1.165) is 30.3 Å². The maximum atomic E-state index is 4.78. The zero-order valence-corrected chi connectivity index (χ0v) is 12.6. The van der Waals surface area contributed by atoms with E-state index >= 15 is 0 Å². The van der Waals surface area contributed by atoms with Gasteiger partial charge in [-0.2, -0.15) is 0 Å². The molecular formula is C15H21N3S. The van der Waals surface area contributed by atoms with Crippen molar-refractivity contribution in [3.05, 3.63) is 35.2 Å². The highest BCUT2D eigenvalue weighted by Gasteiger charge is 2.13. The van der Waals surface area contributed by atoms with E-state index in [0.29, 0.717) is 0 Å². The zero-order valence-electron chi connectivity index (χ0n) is 11.8. The first-order chi connectivity index (χ1) is 9.22. The largest absolute Gasteiger partial charge is 0.354 e. The Kier molecular flexibility index (Phi) is 4.93. The van der Waals surface area contributed by atoms with Crippen LogP contribution in [0.4, 0.5) is 5.13 Å². The van der Waals surface area contributed by atoms with Crippen molar-refractivity contribution in [2.45, 2.75) is 13.3 Å². The van der Waals surface area contributed by atoms with Gasteiger partial charge in [0, 0.05) is 31.1 Å². The second-order valence-electron chi connectivity index (χ2n) is 4.63. The van der Waals surface area contributed by atoms with E-state index in [1.54, 1.807) is 11.3 Å². The minimum atomic E-state index is 1.01. The van der Waals surface area contributed by atoms with Crippen molar-refractivity contribution >= 4 is 16.5 Å². The summed E-state index contributed by atoms with van der Waals surface area (Å²) >= 11 is 1.79. The van der Waals surface area contributed by atoms with Crippen LogP contribution in [0.5, 0.6) is 0 Å². The van der Waals surface area contributed by atoms with E-state index < -0.39 is 0 Å². The van der Waals surface area contributed by atoms with E-state index in [9.17, 15) is 0 Å². The molecule has 19 heavy (non-hydrogen) atoms. The van der Waals surface area contributed by atoms with Gasteiger partial charge in [-0.3, -0.25) is 0 Å². The predicted molar refractivity (Wildman–Crippen MR) is 84.1 cm³/mol. The number of thiazole rings is 1. The second-order valence-corrected chi connectivity index (χ2v) is 5.69. The Balaban J connectivity index is 2.29. The average Bonchev–Trinajstić information content (AvgIpc) is 2.84. The van der Waals surface area contributed by atoms with Gasteiger partial charge in [0.2, 0.25) is 0 Å². The molecule has 0 aliphatic heterocycles. The van der Waals surface area contributed by atoms with Gasteiger partial charge in [-0.05, 0) is 13.0 Å². The van der Waals surface area contributed by atoms with Gasteiger partial charge in [0.1, 0.15) is 0 Å². The molecule has 2 aromatic rings. The SMILES string of the molecule is CCNCCc1sc(N(C)C)nc1-c1ccccc1. The fourth-order valence-electron chi connectivity index (χ4n) is 1.90. The summed E-state index contributed by atoms with van der Waals surface area (Å²) in [7, 11) is 4.09. The van der Waals surface area contributed by atoms with Gasteiger partial charge < -0.3 is 10.2 Å². The number of aromatic nitrogens is 1. The normalized spacial score (nSPS) is 10.7. The Labute approximate surface area is 119 Å². The van der Waals surface area contributed by atoms with Crippen molar-refractivity contribution in [2.75, 3.05) is 32.1 Å². The van der Waals surface area contributed by atoms with Crippen LogP contribution in [0.2, 0.25) is 0 Å². The van der Waals surface area contributed by atoms with Crippen LogP contribution in [-0.4, -0.2) is 32.2 Å². The minimum absolute atomic E-state index is 1.01. The summed E-state index contributed by atoms with van der Waals surface area (Å²) in [5, 5.41) is 4.45. The van der Waals surface area contributed by atoms with Crippen LogP contribution in [0.3, 0.4) is 0 Å². The van der Waals surface area contributed by atoms with Gasteiger partial charge in [0.25, 0.3) is 0 Å². The van der Waals surface area contributed by atoms with Gasteiger partial charge in [-0.1, -0.05) is 37.3 Å². The molecule has 0 amide bonds. The molecule has 102 valence electrons. The van der Waals surface area contributed by atoms with Crippen LogP contribution in [0.1, 0.15) is 11.8 Å². The molecule has 0 atom stereocenters. The molecule has 0 saturated heterocycles. The molecule has 4 heteroatoms. The Morgan fingerprint density at radius 3 is 2.58 bits per heavy atom. The highest BCUT2D eigenvalue weighted by molar-refractivity contribution is 7.16. The molecule has 1 heterocycles. The number of hydrogen-bond donors (Lipinski definition) is 1. The molecule has 3 nitrogen and oxygen atoms in total. The first-order valence-corrected chi connectivity index (χ1v) is 7.47. The molecule has 0 aliphatic rings. The standard InChI is InChI=1S/C15H21N3S/c1-4-16-11-10-13-14(12-8-6-5-7-9-12)17-15(19-13)18(2)3/h5-9,16H,4,10-11H2,1-3H3. The molecule has 2 rings (SSSR count). The molecule has 0 spiro atoms. The first kappa shape index (κ1) is 14.0. The molecule has 0 aliphatic carbocycles. The van der Waals surface area contributed by atoms with Gasteiger partial charge >= 0.3 is 0 Å². The molecule has 1 aromatic heterocycles. The van der Waals surface area contributed by atoms with E-state index in [-0.39, 0.29) is 0 Å². The van der Waals surface area contributed by atoms with Gasteiger partial charge in [0.15, 0.2) is 5.13 Å². The highest BCUT2D eigenvalue weighted by atomic mass is 32.1. The molecule has 1 aromatic carbocycles. The van der Waals surface area contributed by atoms with Crippen LogP contribution < -0.4 is 10.2 Å². The molecular weight excluding hydrogens is 254 g/mol. The Hall–Kier alpha value is -1.39. The lowest BCUT2D eigenvalue weighted by atomic mass is 10.1. The Bertz CT molecular complexity index is 505. The Morgan fingerprint density at radius 2 is 1.95 bits per heavy atom. The van der Waals surface area contributed by atoms with E-state index in [1.807, 2.05) is 20.2 Å². The summed E-state index contributed by atoms with van der Waals surface area (Å²) in [6.07, 6.45) is 1.03. The summed E-state index contributed by atoms with van der Waals surface area (Å²) in [5.74, 6) is 0.